The van der Waals surface area contributed by atoms with E-state index >= 15 is 0 Å². The first-order chi connectivity index (χ1) is 9.88. The van der Waals surface area contributed by atoms with Gasteiger partial charge in [0.05, 0.1) is 19.8 Å². The number of nitrogens with one attached hydrogen (secondary N) is 2. The normalized spacial score (nSPS) is 17.5. The van der Waals surface area contributed by atoms with Gasteiger partial charge in [-0.25, -0.2) is 13.4 Å². The Balaban J connectivity index is 2.08. The molecule has 21 heavy (non-hydrogen) atoms. The van der Waals surface area contributed by atoms with Gasteiger partial charge in [0.15, 0.2) is 4.67 Å². The van der Waals surface area contributed by atoms with Crippen LogP contribution in [0.4, 0.5) is 0 Å². The van der Waals surface area contributed by atoms with Gasteiger partial charge in [-0.1, -0.05) is 13.8 Å². The molecule has 1 aliphatic heterocycles. The quantitative estimate of drug-likeness (QED) is 0.766. The van der Waals surface area contributed by atoms with Gasteiger partial charge in [-0.2, -0.15) is 0 Å². The van der Waals surface area contributed by atoms with E-state index in [1.165, 1.54) is 6.07 Å². The summed E-state index contributed by atoms with van der Waals surface area (Å²) in [5.74, 6) is 0.568. The molecule has 0 spiro atoms. The van der Waals surface area contributed by atoms with Gasteiger partial charge in [0.1, 0.15) is 10.7 Å². The molecule has 1 aliphatic rings. The molecular formula is C12H20BrN3O4S. The molecule has 1 aromatic rings. The summed E-state index contributed by atoms with van der Waals surface area (Å²) in [5, 5.41) is 4.81. The van der Waals surface area contributed by atoms with E-state index in [9.17, 15) is 8.42 Å². The highest BCUT2D eigenvalue weighted by Gasteiger charge is 2.25. The molecule has 0 radical (unpaired) electrons. The Hall–Kier alpha value is -0.450. The highest BCUT2D eigenvalue weighted by atomic mass is 79.9. The molecule has 0 saturated carbocycles. The fourth-order valence-electron chi connectivity index (χ4n) is 1.85. The van der Waals surface area contributed by atoms with E-state index in [1.54, 1.807) is 5.01 Å². The molecule has 7 nitrogen and oxygen atoms in total. The van der Waals surface area contributed by atoms with Gasteiger partial charge < -0.3 is 14.5 Å². The molecular weight excluding hydrogens is 362 g/mol. The van der Waals surface area contributed by atoms with Crippen molar-refractivity contribution in [3.63, 3.8) is 0 Å². The molecule has 120 valence electrons. The first-order valence-electron chi connectivity index (χ1n) is 6.75. The second-order valence-electron chi connectivity index (χ2n) is 5.08. The van der Waals surface area contributed by atoms with E-state index in [2.05, 4.69) is 26.1 Å². The number of sulfonamides is 1. The smallest absolute Gasteiger partial charge is 0.257 e. The van der Waals surface area contributed by atoms with Gasteiger partial charge in [0, 0.05) is 25.2 Å². The SMILES string of the molecule is CC(C)NCc1cc(S(=O)(=O)NN2CCOCC2)c(Br)o1. The van der Waals surface area contributed by atoms with Gasteiger partial charge in [-0.3, -0.25) is 0 Å². The van der Waals surface area contributed by atoms with Gasteiger partial charge in [0.2, 0.25) is 0 Å². The Morgan fingerprint density at radius 2 is 2.05 bits per heavy atom. The first kappa shape index (κ1) is 16.9. The van der Waals surface area contributed by atoms with E-state index in [0.29, 0.717) is 44.7 Å². The largest absolute Gasteiger partial charge is 0.452 e. The molecule has 1 saturated heterocycles. The lowest BCUT2D eigenvalue weighted by molar-refractivity contribution is 0.0272. The van der Waals surface area contributed by atoms with Crippen LogP contribution in [-0.2, 0) is 21.3 Å². The Morgan fingerprint density at radius 3 is 2.67 bits per heavy atom. The zero-order valence-electron chi connectivity index (χ0n) is 12.1. The summed E-state index contributed by atoms with van der Waals surface area (Å²) >= 11 is 3.17. The minimum atomic E-state index is -3.66. The summed E-state index contributed by atoms with van der Waals surface area (Å²) in [6, 6.07) is 1.82. The number of nitrogens with zero attached hydrogens (tertiary/aromatic N) is 1. The number of morpholine rings is 1. The van der Waals surface area contributed by atoms with Crippen LogP contribution in [-0.4, -0.2) is 45.8 Å². The van der Waals surface area contributed by atoms with Gasteiger partial charge >= 0.3 is 0 Å². The molecule has 1 aromatic heterocycles. The molecule has 2 rings (SSSR count). The minimum absolute atomic E-state index is 0.106. The topological polar surface area (TPSA) is 83.8 Å². The van der Waals surface area contributed by atoms with Crippen LogP contribution in [0.15, 0.2) is 20.0 Å². The van der Waals surface area contributed by atoms with Crippen molar-refractivity contribution in [3.8, 4) is 0 Å². The van der Waals surface area contributed by atoms with Gasteiger partial charge in [-0.15, -0.1) is 4.83 Å². The monoisotopic (exact) mass is 381 g/mol. The predicted octanol–water partition coefficient (Wildman–Crippen LogP) is 1.07. The Labute approximate surface area is 133 Å². The zero-order valence-corrected chi connectivity index (χ0v) is 14.5. The molecule has 2 N–H and O–H groups in total. The molecule has 0 amide bonds. The lowest BCUT2D eigenvalue weighted by Gasteiger charge is -2.26. The van der Waals surface area contributed by atoms with E-state index < -0.39 is 10.0 Å². The molecule has 0 bridgehead atoms. The fraction of sp³-hybridized carbons (Fsp3) is 0.667. The van der Waals surface area contributed by atoms with Crippen LogP contribution in [0.3, 0.4) is 0 Å². The average Bonchev–Trinajstić information content (AvgIpc) is 2.79. The minimum Gasteiger partial charge on any atom is -0.452 e. The zero-order chi connectivity index (χ0) is 15.5. The fourth-order valence-corrected chi connectivity index (χ4v) is 3.97. The standard InChI is InChI=1S/C12H20BrN3O4S/c1-9(2)14-8-10-7-11(12(13)20-10)21(17,18)15-16-3-5-19-6-4-16/h7,9,14-15H,3-6,8H2,1-2H3. The van der Waals surface area contributed by atoms with Crippen LogP contribution in [0.2, 0.25) is 0 Å². The number of rotatable bonds is 6. The van der Waals surface area contributed by atoms with Crippen LogP contribution in [0.1, 0.15) is 19.6 Å². The maximum Gasteiger partial charge on any atom is 0.257 e. The molecule has 0 aliphatic carbocycles. The van der Waals surface area contributed by atoms with Crippen LogP contribution >= 0.6 is 15.9 Å². The third-order valence-electron chi connectivity index (χ3n) is 2.94. The van der Waals surface area contributed by atoms with Crippen LogP contribution in [0, 0.1) is 0 Å². The Kier molecular flexibility index (Phi) is 5.81. The number of furan rings is 1. The summed E-state index contributed by atoms with van der Waals surface area (Å²) in [6.07, 6.45) is 0. The van der Waals surface area contributed by atoms with Crippen molar-refractivity contribution in [2.75, 3.05) is 26.3 Å². The first-order valence-corrected chi connectivity index (χ1v) is 9.03. The highest BCUT2D eigenvalue weighted by molar-refractivity contribution is 9.10. The average molecular weight is 382 g/mol. The molecule has 0 atom stereocenters. The van der Waals surface area contributed by atoms with Crippen molar-refractivity contribution in [3.05, 3.63) is 16.5 Å². The van der Waals surface area contributed by atoms with Crippen molar-refractivity contribution in [2.45, 2.75) is 31.3 Å². The number of hydrogen-bond acceptors (Lipinski definition) is 6. The number of halogens is 1. The Morgan fingerprint density at radius 1 is 1.38 bits per heavy atom. The van der Waals surface area contributed by atoms with E-state index in [-0.39, 0.29) is 9.56 Å². The second kappa shape index (κ2) is 7.21. The van der Waals surface area contributed by atoms with Crippen molar-refractivity contribution < 1.29 is 17.6 Å². The number of hydrogen-bond donors (Lipinski definition) is 2. The molecule has 1 fully saturated rings. The van der Waals surface area contributed by atoms with Gasteiger partial charge in [0.25, 0.3) is 10.0 Å². The molecule has 0 unspecified atom stereocenters. The molecule has 0 aromatic carbocycles. The van der Waals surface area contributed by atoms with Crippen LogP contribution in [0.5, 0.6) is 0 Å². The lowest BCUT2D eigenvalue weighted by Crippen LogP contribution is -2.48. The summed E-state index contributed by atoms with van der Waals surface area (Å²) in [5.41, 5.74) is 0. The van der Waals surface area contributed by atoms with Crippen molar-refractivity contribution in [1.82, 2.24) is 15.2 Å². The van der Waals surface area contributed by atoms with E-state index in [0.717, 1.165) is 0 Å². The Bertz CT molecular complexity index is 567. The summed E-state index contributed by atoms with van der Waals surface area (Å²) < 4.78 is 35.6. The lowest BCUT2D eigenvalue weighted by atomic mass is 10.3. The second-order valence-corrected chi connectivity index (χ2v) is 7.43. The van der Waals surface area contributed by atoms with Crippen LogP contribution in [0.25, 0.3) is 0 Å². The van der Waals surface area contributed by atoms with Crippen LogP contribution < -0.4 is 10.1 Å². The predicted molar refractivity (Wildman–Crippen MR) is 81.1 cm³/mol. The maximum atomic E-state index is 12.4. The summed E-state index contributed by atoms with van der Waals surface area (Å²) in [7, 11) is -3.66. The number of ether oxygens (including phenoxy) is 1. The van der Waals surface area contributed by atoms with Crippen molar-refractivity contribution in [2.24, 2.45) is 0 Å². The van der Waals surface area contributed by atoms with Crippen molar-refractivity contribution >= 4 is 26.0 Å². The number of hydrazine groups is 1. The van der Waals surface area contributed by atoms with E-state index in [1.807, 2.05) is 13.8 Å². The third-order valence-corrected chi connectivity index (χ3v) is 5.17. The van der Waals surface area contributed by atoms with E-state index in [4.69, 9.17) is 9.15 Å². The van der Waals surface area contributed by atoms with Crippen molar-refractivity contribution in [1.29, 1.82) is 0 Å². The van der Waals surface area contributed by atoms with Gasteiger partial charge in [-0.05, 0) is 15.9 Å². The molecule has 9 heteroatoms. The third kappa shape index (κ3) is 4.76. The highest BCUT2D eigenvalue weighted by Crippen LogP contribution is 2.26. The molecule has 2 heterocycles. The summed E-state index contributed by atoms with van der Waals surface area (Å²) in [6.45, 7) is 6.57. The summed E-state index contributed by atoms with van der Waals surface area (Å²) in [4.78, 5) is 2.65. The maximum absolute atomic E-state index is 12.4.